The number of aliphatic hydroxyl groups is 1. The van der Waals surface area contributed by atoms with Crippen LogP contribution in [0.4, 0.5) is 11.6 Å². The minimum absolute atomic E-state index is 0.456. The minimum Gasteiger partial charge on any atom is -0.387 e. The van der Waals surface area contributed by atoms with E-state index in [0.717, 1.165) is 24.0 Å². The highest BCUT2D eigenvalue weighted by Gasteiger charge is 2.28. The van der Waals surface area contributed by atoms with Gasteiger partial charge in [0.15, 0.2) is 0 Å². The molecule has 3 N–H and O–H groups in total. The fraction of sp³-hybridized carbons (Fsp3) is 0.733. The average Bonchev–Trinajstić information content (AvgIpc) is 3.19. The predicted molar refractivity (Wildman–Crippen MR) is 85.8 cm³/mol. The van der Waals surface area contributed by atoms with Crippen molar-refractivity contribution in [2.24, 2.45) is 0 Å². The highest BCUT2D eigenvalue weighted by molar-refractivity contribution is 5.48. The molecule has 1 saturated carbocycles. The summed E-state index contributed by atoms with van der Waals surface area (Å²) < 4.78 is 0. The van der Waals surface area contributed by atoms with Crippen molar-refractivity contribution in [1.29, 1.82) is 0 Å². The number of anilines is 2. The van der Waals surface area contributed by atoms with Crippen LogP contribution in [0.5, 0.6) is 0 Å². The van der Waals surface area contributed by atoms with Crippen molar-refractivity contribution in [2.75, 3.05) is 44.4 Å². The minimum atomic E-state index is -0.799. The molecule has 1 fully saturated rings. The fourth-order valence-electron chi connectivity index (χ4n) is 2.37. The summed E-state index contributed by atoms with van der Waals surface area (Å²) in [6, 6.07) is 1.90. The van der Waals surface area contributed by atoms with E-state index in [2.05, 4.69) is 20.6 Å². The van der Waals surface area contributed by atoms with E-state index in [9.17, 15) is 5.11 Å². The molecule has 21 heavy (non-hydrogen) atoms. The molecule has 1 aliphatic rings. The molecule has 1 unspecified atom stereocenters. The van der Waals surface area contributed by atoms with Gasteiger partial charge in [-0.15, -0.1) is 0 Å². The van der Waals surface area contributed by atoms with Crippen molar-refractivity contribution in [3.8, 4) is 0 Å². The number of nitrogens with zero attached hydrogens (tertiary/aromatic N) is 3. The van der Waals surface area contributed by atoms with E-state index in [1.54, 1.807) is 0 Å². The van der Waals surface area contributed by atoms with Gasteiger partial charge in [0, 0.05) is 31.6 Å². The van der Waals surface area contributed by atoms with Crippen LogP contribution in [0.25, 0.3) is 0 Å². The highest BCUT2D eigenvalue weighted by atomic mass is 16.3. The number of nitrogens with one attached hydrogen (secondary N) is 2. The third-order valence-corrected chi connectivity index (χ3v) is 3.35. The van der Waals surface area contributed by atoms with E-state index >= 15 is 0 Å². The monoisotopic (exact) mass is 293 g/mol. The summed E-state index contributed by atoms with van der Waals surface area (Å²) in [4.78, 5) is 11.1. The van der Waals surface area contributed by atoms with Gasteiger partial charge in [-0.25, -0.2) is 9.97 Å². The SMILES string of the molecule is CCNc1cc(NCC(C)(O)CN(C)C)nc(C2CC2)n1. The molecule has 1 aromatic rings. The van der Waals surface area contributed by atoms with Crippen LogP contribution in [0, 0.1) is 0 Å². The standard InChI is InChI=1S/C15H27N5O/c1-5-16-12-8-13(19-14(18-12)11-6-7-11)17-9-15(2,21)10-20(3)4/h8,11,21H,5-7,9-10H2,1-4H3,(H2,16,17,18,19). The molecule has 6 nitrogen and oxygen atoms in total. The molecule has 0 spiro atoms. The summed E-state index contributed by atoms with van der Waals surface area (Å²) in [5, 5.41) is 16.8. The second-order valence-electron chi connectivity index (χ2n) is 6.39. The second-order valence-corrected chi connectivity index (χ2v) is 6.39. The van der Waals surface area contributed by atoms with Gasteiger partial charge in [-0.05, 0) is 40.8 Å². The number of hydrogen-bond donors (Lipinski definition) is 3. The van der Waals surface area contributed by atoms with Gasteiger partial charge >= 0.3 is 0 Å². The Morgan fingerprint density at radius 1 is 1.29 bits per heavy atom. The van der Waals surface area contributed by atoms with E-state index in [4.69, 9.17) is 0 Å². The Balaban J connectivity index is 2.04. The van der Waals surface area contributed by atoms with Crippen molar-refractivity contribution < 1.29 is 5.11 Å². The van der Waals surface area contributed by atoms with E-state index in [1.807, 2.05) is 38.9 Å². The molecule has 1 atom stereocenters. The summed E-state index contributed by atoms with van der Waals surface area (Å²) in [5.41, 5.74) is -0.799. The Morgan fingerprint density at radius 2 is 1.90 bits per heavy atom. The van der Waals surface area contributed by atoms with Crippen molar-refractivity contribution in [3.05, 3.63) is 11.9 Å². The fourth-order valence-corrected chi connectivity index (χ4v) is 2.37. The molecule has 1 aliphatic carbocycles. The molecule has 1 heterocycles. The number of hydrogen-bond acceptors (Lipinski definition) is 6. The maximum atomic E-state index is 10.3. The zero-order chi connectivity index (χ0) is 15.5. The molecule has 0 aromatic carbocycles. The number of rotatable bonds is 8. The Labute approximate surface area is 127 Å². The predicted octanol–water partition coefficient (Wildman–Crippen LogP) is 1.51. The average molecular weight is 293 g/mol. The third kappa shape index (κ3) is 5.13. The van der Waals surface area contributed by atoms with E-state index in [0.29, 0.717) is 19.0 Å². The van der Waals surface area contributed by atoms with E-state index in [1.165, 1.54) is 12.8 Å². The van der Waals surface area contributed by atoms with Crippen LogP contribution in [0.1, 0.15) is 38.4 Å². The van der Waals surface area contributed by atoms with Gasteiger partial charge in [0.25, 0.3) is 0 Å². The summed E-state index contributed by atoms with van der Waals surface area (Å²) >= 11 is 0. The zero-order valence-electron chi connectivity index (χ0n) is 13.5. The smallest absolute Gasteiger partial charge is 0.136 e. The second kappa shape index (κ2) is 6.58. The van der Waals surface area contributed by atoms with Gasteiger partial charge in [0.2, 0.25) is 0 Å². The van der Waals surface area contributed by atoms with Gasteiger partial charge in [-0.2, -0.15) is 0 Å². The van der Waals surface area contributed by atoms with Gasteiger partial charge in [-0.1, -0.05) is 0 Å². The number of likely N-dealkylation sites (N-methyl/N-ethyl adjacent to an activating group) is 1. The first kappa shape index (κ1) is 16.0. The molecule has 0 aliphatic heterocycles. The van der Waals surface area contributed by atoms with Crippen molar-refractivity contribution in [2.45, 2.75) is 38.2 Å². The Morgan fingerprint density at radius 3 is 2.43 bits per heavy atom. The first-order chi connectivity index (χ1) is 9.89. The van der Waals surface area contributed by atoms with Crippen LogP contribution in [-0.4, -0.2) is 59.3 Å². The topological polar surface area (TPSA) is 73.3 Å². The van der Waals surface area contributed by atoms with Crippen LogP contribution in [-0.2, 0) is 0 Å². The van der Waals surface area contributed by atoms with Gasteiger partial charge in [0.05, 0.1) is 5.60 Å². The largest absolute Gasteiger partial charge is 0.387 e. The van der Waals surface area contributed by atoms with Crippen LogP contribution in [0.3, 0.4) is 0 Å². The first-order valence-corrected chi connectivity index (χ1v) is 7.63. The third-order valence-electron chi connectivity index (χ3n) is 3.35. The quantitative estimate of drug-likeness (QED) is 0.675. The van der Waals surface area contributed by atoms with Crippen LogP contribution in [0.2, 0.25) is 0 Å². The van der Waals surface area contributed by atoms with Crippen molar-refractivity contribution in [3.63, 3.8) is 0 Å². The zero-order valence-corrected chi connectivity index (χ0v) is 13.5. The van der Waals surface area contributed by atoms with Gasteiger partial charge < -0.3 is 20.6 Å². The van der Waals surface area contributed by atoms with Crippen molar-refractivity contribution >= 4 is 11.6 Å². The van der Waals surface area contributed by atoms with Crippen LogP contribution >= 0.6 is 0 Å². The van der Waals surface area contributed by atoms with Crippen LogP contribution in [0.15, 0.2) is 6.07 Å². The van der Waals surface area contributed by atoms with Crippen molar-refractivity contribution in [1.82, 2.24) is 14.9 Å². The van der Waals surface area contributed by atoms with Gasteiger partial charge in [0.1, 0.15) is 17.5 Å². The maximum Gasteiger partial charge on any atom is 0.136 e. The summed E-state index contributed by atoms with van der Waals surface area (Å²) in [6.45, 7) is 5.76. The molecule has 118 valence electrons. The lowest BCUT2D eigenvalue weighted by Crippen LogP contribution is -2.43. The molecular formula is C15H27N5O. The summed E-state index contributed by atoms with van der Waals surface area (Å²) in [6.07, 6.45) is 2.35. The lowest BCUT2D eigenvalue weighted by Gasteiger charge is -2.27. The normalized spacial score (nSPS) is 17.6. The van der Waals surface area contributed by atoms with E-state index < -0.39 is 5.60 Å². The Hall–Kier alpha value is -1.40. The Kier molecular flexibility index (Phi) is 5.00. The van der Waals surface area contributed by atoms with Crippen LogP contribution < -0.4 is 10.6 Å². The number of aromatic nitrogens is 2. The van der Waals surface area contributed by atoms with Gasteiger partial charge in [-0.3, -0.25) is 0 Å². The first-order valence-electron chi connectivity index (χ1n) is 7.63. The molecule has 0 amide bonds. The maximum absolute atomic E-state index is 10.3. The molecule has 0 saturated heterocycles. The highest BCUT2D eigenvalue weighted by Crippen LogP contribution is 2.38. The lowest BCUT2D eigenvalue weighted by molar-refractivity contribution is 0.0459. The Bertz CT molecular complexity index is 471. The molecule has 0 radical (unpaired) electrons. The molecule has 0 bridgehead atoms. The van der Waals surface area contributed by atoms with E-state index in [-0.39, 0.29) is 0 Å². The summed E-state index contributed by atoms with van der Waals surface area (Å²) in [5.74, 6) is 3.04. The molecule has 1 aromatic heterocycles. The molecule has 6 heteroatoms. The summed E-state index contributed by atoms with van der Waals surface area (Å²) in [7, 11) is 3.90. The lowest BCUT2D eigenvalue weighted by atomic mass is 10.1. The molecule has 2 rings (SSSR count). The molecular weight excluding hydrogens is 266 g/mol.